The van der Waals surface area contributed by atoms with Crippen molar-refractivity contribution in [3.05, 3.63) is 95.1 Å². The van der Waals surface area contributed by atoms with Crippen molar-refractivity contribution in [1.82, 2.24) is 5.32 Å². The zero-order valence-electron chi connectivity index (χ0n) is 16.8. The highest BCUT2D eigenvalue weighted by Gasteiger charge is 2.32. The van der Waals surface area contributed by atoms with Crippen LogP contribution in [0.3, 0.4) is 0 Å². The largest absolute Gasteiger partial charge is 0.449 e. The maximum absolute atomic E-state index is 12.6. The van der Waals surface area contributed by atoms with Crippen LogP contribution in [0.15, 0.2) is 72.8 Å². The first kappa shape index (κ1) is 18.9. The molecule has 3 aromatic rings. The molecule has 2 unspecified atom stereocenters. The molecular weight excluding hydrogens is 374 g/mol. The van der Waals surface area contributed by atoms with Gasteiger partial charge in [-0.15, -0.1) is 0 Å². The van der Waals surface area contributed by atoms with Crippen LogP contribution in [0.2, 0.25) is 0 Å². The van der Waals surface area contributed by atoms with Crippen molar-refractivity contribution in [2.24, 2.45) is 0 Å². The molecule has 0 fully saturated rings. The Morgan fingerprint density at radius 1 is 0.933 bits per heavy atom. The summed E-state index contributed by atoms with van der Waals surface area (Å²) in [6.45, 7) is 0.169. The Hall–Kier alpha value is -3.11. The summed E-state index contributed by atoms with van der Waals surface area (Å²) in [5, 5.41) is 12.8. The van der Waals surface area contributed by atoms with Crippen molar-refractivity contribution in [3.63, 3.8) is 0 Å². The number of amides is 1. The first-order valence-corrected chi connectivity index (χ1v) is 10.6. The van der Waals surface area contributed by atoms with E-state index in [0.29, 0.717) is 0 Å². The van der Waals surface area contributed by atoms with Crippen LogP contribution in [-0.2, 0) is 11.2 Å². The Bertz CT molecular complexity index is 1030. The van der Waals surface area contributed by atoms with E-state index in [-0.39, 0.29) is 31.1 Å². The topological polar surface area (TPSA) is 58.6 Å². The van der Waals surface area contributed by atoms with E-state index in [9.17, 15) is 9.90 Å². The number of hydrogen-bond donors (Lipinski definition) is 2. The lowest BCUT2D eigenvalue weighted by Crippen LogP contribution is -2.42. The van der Waals surface area contributed by atoms with Crippen molar-refractivity contribution in [3.8, 4) is 11.1 Å². The van der Waals surface area contributed by atoms with E-state index in [4.69, 9.17) is 4.74 Å². The fourth-order valence-electron chi connectivity index (χ4n) is 5.07. The zero-order valence-corrected chi connectivity index (χ0v) is 16.8. The number of fused-ring (bicyclic) bond motifs is 4. The second kappa shape index (κ2) is 7.96. The van der Waals surface area contributed by atoms with Crippen LogP contribution in [0.5, 0.6) is 0 Å². The van der Waals surface area contributed by atoms with Crippen LogP contribution in [0.1, 0.15) is 40.5 Å². The lowest BCUT2D eigenvalue weighted by Gasteiger charge is -2.24. The summed E-state index contributed by atoms with van der Waals surface area (Å²) < 4.78 is 5.66. The van der Waals surface area contributed by atoms with Crippen LogP contribution >= 0.6 is 0 Å². The molecule has 0 aliphatic heterocycles. The molecule has 2 aliphatic rings. The summed E-state index contributed by atoms with van der Waals surface area (Å²) >= 11 is 0. The molecule has 0 heterocycles. The second-order valence-electron chi connectivity index (χ2n) is 8.10. The number of aryl methyl sites for hydroxylation is 1. The van der Waals surface area contributed by atoms with Gasteiger partial charge >= 0.3 is 6.09 Å². The Labute approximate surface area is 176 Å². The van der Waals surface area contributed by atoms with Crippen LogP contribution in [0, 0.1) is 0 Å². The summed E-state index contributed by atoms with van der Waals surface area (Å²) in [5.41, 5.74) is 7.31. The third-order valence-corrected chi connectivity index (χ3v) is 6.51. The predicted octanol–water partition coefficient (Wildman–Crippen LogP) is 4.62. The van der Waals surface area contributed by atoms with Gasteiger partial charge in [-0.2, -0.15) is 0 Å². The standard InChI is InChI=1S/C26H25NO3/c28-15-25(23-14-13-17-7-1-2-8-18(17)23)27-26(29)30-16-24-21-11-5-3-9-19(21)20-10-4-6-12-22(20)24/h1-12,23-25,28H,13-16H2,(H,27,29). The molecule has 5 rings (SSSR count). The van der Waals surface area contributed by atoms with Gasteiger partial charge in [0.05, 0.1) is 12.6 Å². The summed E-state index contributed by atoms with van der Waals surface area (Å²) in [4.78, 5) is 12.6. The van der Waals surface area contributed by atoms with Gasteiger partial charge in [-0.25, -0.2) is 4.79 Å². The molecule has 0 radical (unpaired) electrons. The van der Waals surface area contributed by atoms with Crippen molar-refractivity contribution >= 4 is 6.09 Å². The third-order valence-electron chi connectivity index (χ3n) is 6.51. The minimum absolute atomic E-state index is 0.0305. The maximum Gasteiger partial charge on any atom is 0.407 e. The number of ether oxygens (including phenoxy) is 1. The monoisotopic (exact) mass is 399 g/mol. The number of carbonyl (C=O) groups excluding carboxylic acids is 1. The molecule has 152 valence electrons. The van der Waals surface area contributed by atoms with Crippen LogP contribution in [0.4, 0.5) is 4.79 Å². The fourth-order valence-corrected chi connectivity index (χ4v) is 5.07. The third kappa shape index (κ3) is 3.27. The lowest BCUT2D eigenvalue weighted by atomic mass is 9.94. The minimum atomic E-state index is -0.472. The molecule has 3 aromatic carbocycles. The summed E-state index contributed by atoms with van der Waals surface area (Å²) in [7, 11) is 0. The van der Waals surface area contributed by atoms with Crippen molar-refractivity contribution in [1.29, 1.82) is 0 Å². The zero-order chi connectivity index (χ0) is 20.5. The van der Waals surface area contributed by atoms with E-state index in [0.717, 1.165) is 12.8 Å². The van der Waals surface area contributed by atoms with Crippen molar-refractivity contribution in [2.45, 2.75) is 30.7 Å². The highest BCUT2D eigenvalue weighted by Crippen LogP contribution is 2.44. The van der Waals surface area contributed by atoms with Gasteiger partial charge in [0.15, 0.2) is 0 Å². The number of rotatable bonds is 5. The molecule has 0 saturated carbocycles. The van der Waals surface area contributed by atoms with Gasteiger partial charge in [0.2, 0.25) is 0 Å². The minimum Gasteiger partial charge on any atom is -0.449 e. The second-order valence-corrected chi connectivity index (χ2v) is 8.10. The molecule has 1 amide bonds. The Balaban J connectivity index is 1.28. The van der Waals surface area contributed by atoms with Gasteiger partial charge in [-0.1, -0.05) is 72.8 Å². The Kier molecular flexibility index (Phi) is 5.01. The molecule has 0 aromatic heterocycles. The fraction of sp³-hybridized carbons (Fsp3) is 0.269. The molecule has 0 spiro atoms. The Morgan fingerprint density at radius 2 is 1.53 bits per heavy atom. The molecular formula is C26H25NO3. The van der Waals surface area contributed by atoms with Crippen LogP contribution < -0.4 is 5.32 Å². The Morgan fingerprint density at radius 3 is 2.20 bits per heavy atom. The number of benzene rings is 3. The highest BCUT2D eigenvalue weighted by atomic mass is 16.5. The molecule has 4 nitrogen and oxygen atoms in total. The highest BCUT2D eigenvalue weighted by molar-refractivity contribution is 5.79. The van der Waals surface area contributed by atoms with Gasteiger partial charge in [0, 0.05) is 11.8 Å². The molecule has 0 saturated heterocycles. The molecule has 30 heavy (non-hydrogen) atoms. The normalized spacial score (nSPS) is 17.7. The molecule has 2 atom stereocenters. The van der Waals surface area contributed by atoms with Crippen LogP contribution in [0.25, 0.3) is 11.1 Å². The number of carbonyl (C=O) groups is 1. The number of hydrogen-bond acceptors (Lipinski definition) is 3. The van der Waals surface area contributed by atoms with Gasteiger partial charge in [0.1, 0.15) is 6.61 Å². The summed E-state index contributed by atoms with van der Waals surface area (Å²) in [6.07, 6.45) is 1.43. The van der Waals surface area contributed by atoms with E-state index in [1.807, 2.05) is 36.4 Å². The summed E-state index contributed by atoms with van der Waals surface area (Å²) in [5.74, 6) is 0.148. The quantitative estimate of drug-likeness (QED) is 0.658. The SMILES string of the molecule is O=C(NC(CO)C1CCc2ccccc21)OCC1c2ccccc2-c2ccccc21. The number of aliphatic hydroxyl groups excluding tert-OH is 1. The van der Waals surface area contributed by atoms with Crippen LogP contribution in [-0.4, -0.2) is 30.5 Å². The van der Waals surface area contributed by atoms with Gasteiger partial charge < -0.3 is 15.2 Å². The molecule has 0 bridgehead atoms. The smallest absolute Gasteiger partial charge is 0.407 e. The first-order chi connectivity index (χ1) is 14.8. The lowest BCUT2D eigenvalue weighted by molar-refractivity contribution is 0.129. The number of alkyl carbamates (subject to hydrolysis) is 1. The predicted molar refractivity (Wildman–Crippen MR) is 117 cm³/mol. The average molecular weight is 399 g/mol. The van der Waals surface area contributed by atoms with E-state index < -0.39 is 6.09 Å². The number of aliphatic hydroxyl groups is 1. The van der Waals surface area contributed by atoms with E-state index in [2.05, 4.69) is 41.7 Å². The van der Waals surface area contributed by atoms with Crippen molar-refractivity contribution < 1.29 is 14.6 Å². The van der Waals surface area contributed by atoms with E-state index in [1.165, 1.54) is 33.4 Å². The van der Waals surface area contributed by atoms with Crippen molar-refractivity contribution in [2.75, 3.05) is 13.2 Å². The van der Waals surface area contributed by atoms with E-state index >= 15 is 0 Å². The molecule has 2 N–H and O–H groups in total. The van der Waals surface area contributed by atoms with Gasteiger partial charge in [-0.05, 0) is 46.2 Å². The van der Waals surface area contributed by atoms with Gasteiger partial charge in [-0.3, -0.25) is 0 Å². The maximum atomic E-state index is 12.6. The average Bonchev–Trinajstić information content (AvgIpc) is 3.36. The first-order valence-electron chi connectivity index (χ1n) is 10.6. The molecule has 2 aliphatic carbocycles. The van der Waals surface area contributed by atoms with Gasteiger partial charge in [0.25, 0.3) is 0 Å². The van der Waals surface area contributed by atoms with E-state index in [1.54, 1.807) is 0 Å². The molecule has 4 heteroatoms. The number of nitrogens with one attached hydrogen (secondary N) is 1. The summed E-state index contributed by atoms with van der Waals surface area (Å²) in [6, 6.07) is 24.5.